The smallest absolute Gasteiger partial charge is 0.232 e. The molecule has 0 amide bonds. The lowest BCUT2D eigenvalue weighted by atomic mass is 10.2. The molecule has 5 nitrogen and oxygen atoms in total. The number of hydrogen-bond donors (Lipinski definition) is 2. The summed E-state index contributed by atoms with van der Waals surface area (Å²) in [5.41, 5.74) is 1.44. The summed E-state index contributed by atoms with van der Waals surface area (Å²) in [4.78, 5) is 0. The number of para-hydroxylation sites is 1. The fourth-order valence-corrected chi connectivity index (χ4v) is 3.06. The summed E-state index contributed by atoms with van der Waals surface area (Å²) in [7, 11) is -1.71. The van der Waals surface area contributed by atoms with Gasteiger partial charge in [0, 0.05) is 12.7 Å². The number of unbranched alkanes of at least 4 members (excludes halogenated alkanes) is 1. The number of nitrogens with one attached hydrogen (secondary N) is 2. The maximum atomic E-state index is 12.0. The number of methoxy groups -OCH3 is 1. The Bertz CT molecular complexity index is 489. The van der Waals surface area contributed by atoms with E-state index in [1.165, 1.54) is 0 Å². The van der Waals surface area contributed by atoms with Crippen molar-refractivity contribution >= 4 is 15.7 Å². The number of anilines is 1. The molecule has 0 aliphatic carbocycles. The normalized spacial score (nSPS) is 11.5. The first-order chi connectivity index (χ1) is 9.59. The summed E-state index contributed by atoms with van der Waals surface area (Å²) in [6.45, 7) is 4.19. The van der Waals surface area contributed by atoms with Crippen LogP contribution in [0.4, 0.5) is 5.69 Å². The molecule has 2 N–H and O–H groups in total. The predicted molar refractivity (Wildman–Crippen MR) is 82.3 cm³/mol. The maximum absolute atomic E-state index is 12.0. The van der Waals surface area contributed by atoms with Crippen molar-refractivity contribution < 1.29 is 13.2 Å². The Balaban J connectivity index is 2.53. The molecule has 0 heterocycles. The van der Waals surface area contributed by atoms with E-state index in [9.17, 15) is 8.42 Å². The van der Waals surface area contributed by atoms with E-state index in [-0.39, 0.29) is 5.75 Å². The van der Waals surface area contributed by atoms with Gasteiger partial charge >= 0.3 is 0 Å². The average molecular weight is 300 g/mol. The van der Waals surface area contributed by atoms with Crippen molar-refractivity contribution in [3.8, 4) is 0 Å². The van der Waals surface area contributed by atoms with E-state index in [4.69, 9.17) is 4.74 Å². The van der Waals surface area contributed by atoms with Gasteiger partial charge in [-0.15, -0.1) is 0 Å². The molecule has 0 spiro atoms. The molecule has 0 fully saturated rings. The second-order valence-corrected chi connectivity index (χ2v) is 6.41. The van der Waals surface area contributed by atoms with E-state index < -0.39 is 10.0 Å². The molecule has 20 heavy (non-hydrogen) atoms. The first-order valence-corrected chi connectivity index (χ1v) is 8.52. The van der Waals surface area contributed by atoms with Crippen LogP contribution in [0.5, 0.6) is 0 Å². The van der Waals surface area contributed by atoms with Crippen LogP contribution in [0, 0.1) is 0 Å². The molecule has 0 bridgehead atoms. The number of sulfonamides is 1. The van der Waals surface area contributed by atoms with Gasteiger partial charge in [-0.1, -0.05) is 25.1 Å². The van der Waals surface area contributed by atoms with E-state index in [0.717, 1.165) is 25.1 Å². The van der Waals surface area contributed by atoms with Crippen molar-refractivity contribution in [1.82, 2.24) is 5.32 Å². The lowest BCUT2D eigenvalue weighted by Gasteiger charge is -2.12. The highest BCUT2D eigenvalue weighted by molar-refractivity contribution is 7.92. The number of rotatable bonds is 10. The zero-order valence-electron chi connectivity index (χ0n) is 12.2. The van der Waals surface area contributed by atoms with Gasteiger partial charge in [0.2, 0.25) is 10.0 Å². The number of ether oxygens (including phenoxy) is 1. The number of benzene rings is 1. The summed E-state index contributed by atoms with van der Waals surface area (Å²) in [6.07, 6.45) is 1.50. The quantitative estimate of drug-likeness (QED) is 0.648. The van der Waals surface area contributed by atoms with Crippen LogP contribution in [0.25, 0.3) is 0 Å². The van der Waals surface area contributed by atoms with E-state index in [0.29, 0.717) is 18.7 Å². The summed E-state index contributed by atoms with van der Waals surface area (Å²) in [5.74, 6) is 0.139. The third kappa shape index (κ3) is 6.36. The fraction of sp³-hybridized carbons (Fsp3) is 0.571. The zero-order valence-corrected chi connectivity index (χ0v) is 13.0. The predicted octanol–water partition coefficient (Wildman–Crippen LogP) is 1.96. The third-order valence-electron chi connectivity index (χ3n) is 2.85. The van der Waals surface area contributed by atoms with Gasteiger partial charge in [0.1, 0.15) is 0 Å². The average Bonchev–Trinajstić information content (AvgIpc) is 2.41. The molecule has 6 heteroatoms. The van der Waals surface area contributed by atoms with Crippen LogP contribution in [0.1, 0.15) is 25.3 Å². The van der Waals surface area contributed by atoms with Gasteiger partial charge in [-0.3, -0.25) is 4.72 Å². The molecule has 0 saturated heterocycles. The molecule has 1 aromatic carbocycles. The Hall–Kier alpha value is -1.11. The van der Waals surface area contributed by atoms with E-state index >= 15 is 0 Å². The molecule has 114 valence electrons. The summed E-state index contributed by atoms with van der Waals surface area (Å²) in [5, 5.41) is 3.18. The summed E-state index contributed by atoms with van der Waals surface area (Å²) < 4.78 is 31.7. The van der Waals surface area contributed by atoms with Crippen LogP contribution in [0.15, 0.2) is 24.3 Å². The lowest BCUT2D eigenvalue weighted by molar-refractivity contribution is 0.185. The van der Waals surface area contributed by atoms with Crippen LogP contribution in [-0.2, 0) is 21.4 Å². The van der Waals surface area contributed by atoms with Crippen molar-refractivity contribution in [3.63, 3.8) is 0 Å². The van der Waals surface area contributed by atoms with E-state index in [2.05, 4.69) is 10.0 Å². The van der Waals surface area contributed by atoms with Crippen molar-refractivity contribution in [2.24, 2.45) is 0 Å². The second kappa shape index (κ2) is 8.94. The molecule has 0 saturated carbocycles. The molecule has 1 aromatic rings. The maximum Gasteiger partial charge on any atom is 0.232 e. The van der Waals surface area contributed by atoms with Gasteiger partial charge in [0.25, 0.3) is 0 Å². The first kappa shape index (κ1) is 16.9. The van der Waals surface area contributed by atoms with Gasteiger partial charge in [0.15, 0.2) is 0 Å². The SMILES string of the molecule is CCNCCCCS(=O)(=O)Nc1ccccc1COC. The zero-order chi connectivity index (χ0) is 14.8. The minimum atomic E-state index is -3.30. The topological polar surface area (TPSA) is 67.4 Å². The fourth-order valence-electron chi connectivity index (χ4n) is 1.84. The molecule has 0 aliphatic heterocycles. The Morgan fingerprint density at radius 1 is 1.20 bits per heavy atom. The monoisotopic (exact) mass is 300 g/mol. The molecule has 0 radical (unpaired) electrons. The van der Waals surface area contributed by atoms with Gasteiger partial charge in [-0.2, -0.15) is 0 Å². The molecular weight excluding hydrogens is 276 g/mol. The van der Waals surface area contributed by atoms with Crippen molar-refractivity contribution in [2.45, 2.75) is 26.4 Å². The molecule has 1 rings (SSSR count). The highest BCUT2D eigenvalue weighted by Gasteiger charge is 2.12. The minimum Gasteiger partial charge on any atom is -0.380 e. The van der Waals surface area contributed by atoms with Crippen molar-refractivity contribution in [1.29, 1.82) is 0 Å². The summed E-state index contributed by atoms with van der Waals surface area (Å²) >= 11 is 0. The minimum absolute atomic E-state index is 0.139. The molecular formula is C14H24N2O3S. The largest absolute Gasteiger partial charge is 0.380 e. The second-order valence-electron chi connectivity index (χ2n) is 4.57. The molecule has 0 aliphatic rings. The lowest BCUT2D eigenvalue weighted by Crippen LogP contribution is -2.20. The highest BCUT2D eigenvalue weighted by Crippen LogP contribution is 2.17. The highest BCUT2D eigenvalue weighted by atomic mass is 32.2. The molecule has 0 atom stereocenters. The van der Waals surface area contributed by atoms with Crippen LogP contribution in [-0.4, -0.2) is 34.4 Å². The standard InChI is InChI=1S/C14H24N2O3S/c1-3-15-10-6-7-11-20(17,18)16-14-9-5-4-8-13(14)12-19-2/h4-5,8-9,15-16H,3,6-7,10-12H2,1-2H3. The Kier molecular flexibility index (Phi) is 7.58. The van der Waals surface area contributed by atoms with Crippen molar-refractivity contribution in [2.75, 3.05) is 30.7 Å². The van der Waals surface area contributed by atoms with Crippen LogP contribution in [0.2, 0.25) is 0 Å². The summed E-state index contributed by atoms with van der Waals surface area (Å²) in [6, 6.07) is 7.28. The van der Waals surface area contributed by atoms with Crippen molar-refractivity contribution in [3.05, 3.63) is 29.8 Å². The first-order valence-electron chi connectivity index (χ1n) is 6.87. The Morgan fingerprint density at radius 2 is 1.95 bits per heavy atom. The van der Waals surface area contributed by atoms with E-state index in [1.807, 2.05) is 25.1 Å². The Morgan fingerprint density at radius 3 is 2.65 bits per heavy atom. The van der Waals surface area contributed by atoms with E-state index in [1.54, 1.807) is 13.2 Å². The third-order valence-corrected chi connectivity index (χ3v) is 4.21. The molecule has 0 aromatic heterocycles. The van der Waals surface area contributed by atoms with Gasteiger partial charge in [-0.05, 0) is 32.0 Å². The molecule has 0 unspecified atom stereocenters. The number of hydrogen-bond acceptors (Lipinski definition) is 4. The van der Waals surface area contributed by atoms with Crippen LogP contribution < -0.4 is 10.0 Å². The van der Waals surface area contributed by atoms with Crippen LogP contribution in [0.3, 0.4) is 0 Å². The Labute approximate surface area is 121 Å². The van der Waals surface area contributed by atoms with Gasteiger partial charge < -0.3 is 10.1 Å². The van der Waals surface area contributed by atoms with Gasteiger partial charge in [0.05, 0.1) is 18.0 Å². The van der Waals surface area contributed by atoms with Crippen LogP contribution >= 0.6 is 0 Å². The van der Waals surface area contributed by atoms with Gasteiger partial charge in [-0.25, -0.2) is 8.42 Å².